The minimum Gasteiger partial charge on any atom is -0.458 e. The van der Waals surface area contributed by atoms with E-state index >= 15 is 0 Å². The average Bonchev–Trinajstić information content (AvgIpc) is 2.89. The van der Waals surface area contributed by atoms with Crippen molar-refractivity contribution >= 4 is 29.5 Å². The molecule has 2 aromatic carbocycles. The molecule has 1 saturated heterocycles. The van der Waals surface area contributed by atoms with Crippen molar-refractivity contribution in [3.63, 3.8) is 0 Å². The summed E-state index contributed by atoms with van der Waals surface area (Å²) in [7, 11) is 0. The maximum Gasteiger partial charge on any atom is 0.413 e. The van der Waals surface area contributed by atoms with Crippen LogP contribution in [-0.2, 0) is 30.4 Å². The van der Waals surface area contributed by atoms with Crippen molar-refractivity contribution in [3.05, 3.63) is 65.7 Å². The first kappa shape index (κ1) is 28.6. The molecular weight excluding hydrogens is 488 g/mol. The fourth-order valence-electron chi connectivity index (χ4n) is 3.81. The summed E-state index contributed by atoms with van der Waals surface area (Å²) in [5.74, 6) is -0.502. The lowest BCUT2D eigenvalue weighted by Crippen LogP contribution is -2.43. The predicted molar refractivity (Wildman–Crippen MR) is 143 cm³/mol. The Morgan fingerprint density at radius 1 is 1.00 bits per heavy atom. The maximum absolute atomic E-state index is 12.6. The van der Waals surface area contributed by atoms with Crippen molar-refractivity contribution in [2.75, 3.05) is 31.6 Å². The van der Waals surface area contributed by atoms with E-state index in [0.29, 0.717) is 31.5 Å². The summed E-state index contributed by atoms with van der Waals surface area (Å²) in [6.07, 6.45) is 0.537. The number of amides is 2. The molecule has 0 saturated carbocycles. The number of alkyl carbamates (subject to hydrolysis) is 1. The molecule has 3 N–H and O–H groups in total. The summed E-state index contributed by atoms with van der Waals surface area (Å²) >= 11 is 0. The molecule has 0 aromatic heterocycles. The number of nitrogens with zero attached hydrogens (tertiary/aromatic N) is 1. The lowest BCUT2D eigenvalue weighted by atomic mass is 10.1. The minimum atomic E-state index is -0.703. The Kier molecular flexibility index (Phi) is 10.2. The molecule has 2 aromatic rings. The number of anilines is 1. The number of benzene rings is 2. The Bertz CT molecular complexity index is 1090. The number of rotatable bonds is 9. The molecule has 10 nitrogen and oxygen atoms in total. The molecule has 2 amide bonds. The Hall–Kier alpha value is -3.92. The van der Waals surface area contributed by atoms with E-state index in [1.54, 1.807) is 29.2 Å². The molecule has 0 radical (unpaired) electrons. The van der Waals surface area contributed by atoms with Gasteiger partial charge in [0.05, 0.1) is 12.6 Å². The number of carbonyl (C=O) groups is 3. The number of likely N-dealkylation sites (tertiary alicyclic amines) is 1. The zero-order valence-electron chi connectivity index (χ0n) is 22.1. The van der Waals surface area contributed by atoms with Crippen LogP contribution < -0.4 is 10.6 Å². The average molecular weight is 525 g/mol. The molecule has 3 rings (SSSR count). The zero-order valence-corrected chi connectivity index (χ0v) is 22.1. The summed E-state index contributed by atoms with van der Waals surface area (Å²) < 4.78 is 16.0. The quantitative estimate of drug-likeness (QED) is 0.259. The van der Waals surface area contributed by atoms with Crippen molar-refractivity contribution in [2.24, 2.45) is 0 Å². The molecular formula is C28H36N4O6. The van der Waals surface area contributed by atoms with E-state index in [1.165, 1.54) is 0 Å². The maximum atomic E-state index is 12.6. The number of ether oxygens (including phenoxy) is 3. The molecule has 1 aliphatic heterocycles. The van der Waals surface area contributed by atoms with E-state index in [9.17, 15) is 14.4 Å². The normalized spacial score (nSPS) is 13.9. The second kappa shape index (κ2) is 13.6. The number of esters is 1. The van der Waals surface area contributed by atoms with E-state index in [-0.39, 0.29) is 43.6 Å². The van der Waals surface area contributed by atoms with Gasteiger partial charge in [0.2, 0.25) is 5.91 Å². The van der Waals surface area contributed by atoms with E-state index in [1.807, 2.05) is 51.1 Å². The van der Waals surface area contributed by atoms with Gasteiger partial charge in [0.25, 0.3) is 0 Å². The largest absolute Gasteiger partial charge is 0.458 e. The summed E-state index contributed by atoms with van der Waals surface area (Å²) in [5, 5.41) is 13.6. The van der Waals surface area contributed by atoms with Crippen LogP contribution in [0.5, 0.6) is 0 Å². The number of amidine groups is 1. The third-order valence-electron chi connectivity index (χ3n) is 5.71. The molecule has 0 aliphatic carbocycles. The van der Waals surface area contributed by atoms with Crippen LogP contribution in [0.2, 0.25) is 0 Å². The van der Waals surface area contributed by atoms with Crippen LogP contribution in [0, 0.1) is 5.41 Å². The molecule has 0 spiro atoms. The summed E-state index contributed by atoms with van der Waals surface area (Å²) in [5.41, 5.74) is 1.54. The van der Waals surface area contributed by atoms with Gasteiger partial charge in [-0.1, -0.05) is 30.3 Å². The van der Waals surface area contributed by atoms with Gasteiger partial charge in [0, 0.05) is 24.3 Å². The summed E-state index contributed by atoms with van der Waals surface area (Å²) in [6, 6.07) is 16.1. The SMILES string of the molecule is CC(C)(C)OC(=O)COC1CCN(C(=O)CNc2ccc(C(=N)NC(=O)OCc3ccccc3)cc2)CC1. The zero-order chi connectivity index (χ0) is 27.5. The van der Waals surface area contributed by atoms with Crippen molar-refractivity contribution in [1.29, 1.82) is 5.41 Å². The van der Waals surface area contributed by atoms with Crippen LogP contribution in [0.4, 0.5) is 10.5 Å². The highest BCUT2D eigenvalue weighted by Gasteiger charge is 2.24. The number of carbonyl (C=O) groups excluding carboxylic acids is 3. The Labute approximate surface area is 223 Å². The van der Waals surface area contributed by atoms with Gasteiger partial charge in [0.1, 0.15) is 24.7 Å². The van der Waals surface area contributed by atoms with Crippen LogP contribution in [0.25, 0.3) is 0 Å². The summed E-state index contributed by atoms with van der Waals surface area (Å²) in [4.78, 5) is 38.2. The fraction of sp³-hybridized carbons (Fsp3) is 0.429. The second-order valence-corrected chi connectivity index (χ2v) is 9.97. The molecule has 1 heterocycles. The molecule has 204 valence electrons. The molecule has 10 heteroatoms. The van der Waals surface area contributed by atoms with Crippen LogP contribution >= 0.6 is 0 Å². The summed E-state index contributed by atoms with van der Waals surface area (Å²) in [6.45, 7) is 6.71. The third-order valence-corrected chi connectivity index (χ3v) is 5.71. The molecule has 38 heavy (non-hydrogen) atoms. The molecule has 1 fully saturated rings. The predicted octanol–water partition coefficient (Wildman–Crippen LogP) is 3.70. The van der Waals surface area contributed by atoms with Gasteiger partial charge in [-0.05, 0) is 63.4 Å². The number of piperidine rings is 1. The van der Waals surface area contributed by atoms with Crippen LogP contribution in [0.15, 0.2) is 54.6 Å². The molecule has 0 bridgehead atoms. The highest BCUT2D eigenvalue weighted by molar-refractivity contribution is 6.04. The minimum absolute atomic E-state index is 0.0322. The number of hydrogen-bond donors (Lipinski definition) is 3. The van der Waals surface area contributed by atoms with Gasteiger partial charge < -0.3 is 24.4 Å². The first-order chi connectivity index (χ1) is 18.1. The highest BCUT2D eigenvalue weighted by atomic mass is 16.6. The first-order valence-corrected chi connectivity index (χ1v) is 12.6. The van der Waals surface area contributed by atoms with E-state index in [2.05, 4.69) is 10.6 Å². The monoisotopic (exact) mass is 524 g/mol. The molecule has 0 atom stereocenters. The fourth-order valence-corrected chi connectivity index (χ4v) is 3.81. The van der Waals surface area contributed by atoms with E-state index < -0.39 is 11.7 Å². The number of nitrogens with one attached hydrogen (secondary N) is 3. The topological polar surface area (TPSA) is 130 Å². The Morgan fingerprint density at radius 2 is 1.66 bits per heavy atom. The third kappa shape index (κ3) is 9.85. The van der Waals surface area contributed by atoms with Crippen LogP contribution in [-0.4, -0.2) is 66.7 Å². The van der Waals surface area contributed by atoms with Gasteiger partial charge in [-0.3, -0.25) is 15.5 Å². The smallest absolute Gasteiger partial charge is 0.413 e. The van der Waals surface area contributed by atoms with Crippen molar-refractivity contribution in [1.82, 2.24) is 10.2 Å². The highest BCUT2D eigenvalue weighted by Crippen LogP contribution is 2.16. The van der Waals surface area contributed by atoms with Gasteiger partial charge >= 0.3 is 12.1 Å². The van der Waals surface area contributed by atoms with Crippen molar-refractivity contribution in [2.45, 2.75) is 51.9 Å². The van der Waals surface area contributed by atoms with Crippen molar-refractivity contribution < 1.29 is 28.6 Å². The standard InChI is InChI=1S/C28H36N4O6/c1-28(2,3)38-25(34)19-36-23-13-15-32(16-14-23)24(33)17-30-22-11-9-21(10-12-22)26(29)31-27(35)37-18-20-7-5-4-6-8-20/h4-12,23,30H,13-19H2,1-3H3,(H2,29,31,35). The lowest BCUT2D eigenvalue weighted by molar-refractivity contribution is -0.163. The Balaban J connectivity index is 1.34. The van der Waals surface area contributed by atoms with E-state index in [4.69, 9.17) is 19.6 Å². The lowest BCUT2D eigenvalue weighted by Gasteiger charge is -2.32. The Morgan fingerprint density at radius 3 is 2.29 bits per heavy atom. The van der Waals surface area contributed by atoms with Gasteiger partial charge in [0.15, 0.2) is 0 Å². The van der Waals surface area contributed by atoms with Crippen LogP contribution in [0.3, 0.4) is 0 Å². The van der Waals surface area contributed by atoms with Gasteiger partial charge in [-0.2, -0.15) is 0 Å². The van der Waals surface area contributed by atoms with Crippen LogP contribution in [0.1, 0.15) is 44.7 Å². The molecule has 0 unspecified atom stereocenters. The number of hydrogen-bond acceptors (Lipinski definition) is 8. The van der Waals surface area contributed by atoms with Crippen molar-refractivity contribution in [3.8, 4) is 0 Å². The van der Waals surface area contributed by atoms with Gasteiger partial charge in [-0.25, -0.2) is 9.59 Å². The first-order valence-electron chi connectivity index (χ1n) is 12.6. The van der Waals surface area contributed by atoms with E-state index in [0.717, 1.165) is 11.3 Å². The second-order valence-electron chi connectivity index (χ2n) is 9.97. The van der Waals surface area contributed by atoms with Gasteiger partial charge in [-0.15, -0.1) is 0 Å². The molecule has 1 aliphatic rings.